The van der Waals surface area contributed by atoms with E-state index in [0.717, 1.165) is 29.2 Å². The predicted molar refractivity (Wildman–Crippen MR) is 91.7 cm³/mol. The Kier molecular flexibility index (Phi) is 8.88. The fraction of sp³-hybridized carbons (Fsp3) is 0.611. The Morgan fingerprint density at radius 3 is 2.55 bits per heavy atom. The van der Waals surface area contributed by atoms with Crippen molar-refractivity contribution < 1.29 is 13.9 Å². The van der Waals surface area contributed by atoms with Crippen LogP contribution in [0, 0.1) is 18.7 Å². The third-order valence-corrected chi connectivity index (χ3v) is 4.68. The predicted octanol–water partition coefficient (Wildman–Crippen LogP) is 5.24. The van der Waals surface area contributed by atoms with Crippen LogP contribution in [0.25, 0.3) is 0 Å². The zero-order chi connectivity index (χ0) is 16.5. The second kappa shape index (κ2) is 10.1. The van der Waals surface area contributed by atoms with Gasteiger partial charge in [0.05, 0.1) is 0 Å². The van der Waals surface area contributed by atoms with Crippen molar-refractivity contribution in [3.63, 3.8) is 0 Å². The molecule has 0 bridgehead atoms. The highest BCUT2D eigenvalue weighted by Gasteiger charge is 2.11. The molecule has 0 aliphatic carbocycles. The molecule has 1 fully saturated rings. The lowest BCUT2D eigenvalue weighted by atomic mass is 9.95. The van der Waals surface area contributed by atoms with Gasteiger partial charge in [-0.3, -0.25) is 4.79 Å². The zero-order valence-corrected chi connectivity index (χ0v) is 15.3. The molecule has 0 atom stereocenters. The van der Waals surface area contributed by atoms with E-state index < -0.39 is 0 Å². The molecule has 1 saturated heterocycles. The third kappa shape index (κ3) is 6.57. The Morgan fingerprint density at radius 2 is 2.00 bits per heavy atom. The number of ether oxygens (including phenoxy) is 1. The molecule has 2 rings (SSSR count). The molecule has 4 heteroatoms. The van der Waals surface area contributed by atoms with Crippen LogP contribution >= 0.6 is 15.9 Å². The van der Waals surface area contributed by atoms with E-state index in [0.29, 0.717) is 5.56 Å². The fourth-order valence-electron chi connectivity index (χ4n) is 2.60. The number of Topliss-reactive ketones (excluding diaryl/α,β-unsaturated/α-hetero) is 1. The van der Waals surface area contributed by atoms with Crippen molar-refractivity contribution in [2.45, 2.75) is 52.9 Å². The summed E-state index contributed by atoms with van der Waals surface area (Å²) >= 11 is 3.29. The van der Waals surface area contributed by atoms with Crippen molar-refractivity contribution in [3.8, 4) is 0 Å². The van der Waals surface area contributed by atoms with Gasteiger partial charge >= 0.3 is 0 Å². The van der Waals surface area contributed by atoms with Gasteiger partial charge in [0.15, 0.2) is 0 Å². The number of carbonyl (C=O) groups excluding carboxylic acids is 1. The molecule has 1 aliphatic rings. The van der Waals surface area contributed by atoms with E-state index in [-0.39, 0.29) is 18.0 Å². The van der Waals surface area contributed by atoms with E-state index in [1.165, 1.54) is 38.7 Å². The maximum Gasteiger partial charge on any atom is 0.134 e. The Balaban J connectivity index is 0.000000235. The van der Waals surface area contributed by atoms with Crippen molar-refractivity contribution in [3.05, 3.63) is 33.5 Å². The van der Waals surface area contributed by atoms with Crippen LogP contribution in [0.3, 0.4) is 0 Å². The monoisotopic (exact) mass is 372 g/mol. The summed E-state index contributed by atoms with van der Waals surface area (Å²) in [5, 5.41) is 0. The second-order valence-electron chi connectivity index (χ2n) is 5.86. The first-order valence-electron chi connectivity index (χ1n) is 7.96. The Morgan fingerprint density at radius 1 is 1.36 bits per heavy atom. The number of hydrogen-bond donors (Lipinski definition) is 0. The molecular weight excluding hydrogens is 347 g/mol. The average Bonchev–Trinajstić information content (AvgIpc) is 2.50. The summed E-state index contributed by atoms with van der Waals surface area (Å²) in [6.45, 7) is 7.44. The molecule has 2 nitrogen and oxygen atoms in total. The number of halogens is 2. The van der Waals surface area contributed by atoms with Crippen molar-refractivity contribution in [1.29, 1.82) is 0 Å². The van der Waals surface area contributed by atoms with Crippen molar-refractivity contribution >= 4 is 21.7 Å². The van der Waals surface area contributed by atoms with Crippen molar-refractivity contribution in [1.82, 2.24) is 0 Å². The van der Waals surface area contributed by atoms with Gasteiger partial charge in [-0.2, -0.15) is 0 Å². The Hall–Kier alpha value is -0.740. The molecule has 1 aromatic carbocycles. The van der Waals surface area contributed by atoms with E-state index in [4.69, 9.17) is 4.74 Å². The van der Waals surface area contributed by atoms with Crippen LogP contribution in [0.2, 0.25) is 0 Å². The first-order valence-corrected chi connectivity index (χ1v) is 8.75. The summed E-state index contributed by atoms with van der Waals surface area (Å²) < 4.78 is 19.1. The minimum Gasteiger partial charge on any atom is -0.381 e. The molecule has 0 spiro atoms. The van der Waals surface area contributed by atoms with Gasteiger partial charge in [-0.1, -0.05) is 35.7 Å². The van der Waals surface area contributed by atoms with E-state index in [9.17, 15) is 9.18 Å². The first-order chi connectivity index (χ1) is 10.5. The summed E-state index contributed by atoms with van der Waals surface area (Å²) in [5.74, 6) is 0.748. The van der Waals surface area contributed by atoms with Crippen LogP contribution in [0.4, 0.5) is 4.39 Å². The number of hydrogen-bond acceptors (Lipinski definition) is 2. The fourth-order valence-corrected chi connectivity index (χ4v) is 3.17. The van der Waals surface area contributed by atoms with Gasteiger partial charge in [-0.05, 0) is 55.9 Å². The highest BCUT2D eigenvalue weighted by molar-refractivity contribution is 9.10. The summed E-state index contributed by atoms with van der Waals surface area (Å²) in [4.78, 5) is 10.9. The van der Waals surface area contributed by atoms with Gasteiger partial charge < -0.3 is 4.74 Å². The van der Waals surface area contributed by atoms with Crippen molar-refractivity contribution in [2.75, 3.05) is 13.2 Å². The molecule has 1 aliphatic heterocycles. The maximum atomic E-state index is 13.1. The van der Waals surface area contributed by atoms with Crippen LogP contribution in [0.5, 0.6) is 0 Å². The van der Waals surface area contributed by atoms with Crippen LogP contribution in [-0.4, -0.2) is 19.0 Å². The highest BCUT2D eigenvalue weighted by Crippen LogP contribution is 2.23. The SMILES string of the molecule is CC(=O)Cc1c(Br)ccc(F)c1C.CCCC1CCOCC1. The number of carbonyl (C=O) groups is 1. The van der Waals surface area contributed by atoms with Crippen LogP contribution in [0.1, 0.15) is 50.7 Å². The van der Waals surface area contributed by atoms with E-state index in [1.807, 2.05) is 0 Å². The standard InChI is InChI=1S/C10H10BrFO.C8H16O/c1-6(13)5-8-7(2)10(12)4-3-9(8)11;1-2-3-8-4-6-9-7-5-8/h3-4H,5H2,1-2H3;8H,2-7H2,1H3. The number of rotatable bonds is 4. The average molecular weight is 373 g/mol. The topological polar surface area (TPSA) is 26.3 Å². The summed E-state index contributed by atoms with van der Waals surface area (Å²) in [6.07, 6.45) is 5.62. The number of benzene rings is 1. The minimum atomic E-state index is -0.264. The van der Waals surface area contributed by atoms with E-state index in [2.05, 4.69) is 22.9 Å². The molecular formula is C18H26BrFO2. The van der Waals surface area contributed by atoms with Gasteiger partial charge in [0.1, 0.15) is 11.6 Å². The first kappa shape index (κ1) is 19.3. The zero-order valence-electron chi connectivity index (χ0n) is 13.8. The quantitative estimate of drug-likeness (QED) is 0.721. The van der Waals surface area contributed by atoms with E-state index in [1.54, 1.807) is 13.0 Å². The molecule has 1 aromatic rings. The van der Waals surface area contributed by atoms with Crippen LogP contribution in [-0.2, 0) is 16.0 Å². The Labute approximate surface area is 141 Å². The molecule has 124 valence electrons. The van der Waals surface area contributed by atoms with Gasteiger partial charge in [0.2, 0.25) is 0 Å². The summed E-state index contributed by atoms with van der Waals surface area (Å²) in [5.41, 5.74) is 1.29. The number of ketones is 1. The van der Waals surface area contributed by atoms with E-state index >= 15 is 0 Å². The minimum absolute atomic E-state index is 0.0365. The lowest BCUT2D eigenvalue weighted by Gasteiger charge is -2.20. The van der Waals surface area contributed by atoms with Crippen molar-refractivity contribution in [2.24, 2.45) is 5.92 Å². The lowest BCUT2D eigenvalue weighted by molar-refractivity contribution is -0.116. The lowest BCUT2D eigenvalue weighted by Crippen LogP contribution is -2.14. The summed E-state index contributed by atoms with van der Waals surface area (Å²) in [7, 11) is 0. The Bertz CT molecular complexity index is 479. The highest BCUT2D eigenvalue weighted by atomic mass is 79.9. The van der Waals surface area contributed by atoms with Gasteiger partial charge in [-0.25, -0.2) is 4.39 Å². The van der Waals surface area contributed by atoms with Gasteiger partial charge in [0.25, 0.3) is 0 Å². The molecule has 0 unspecified atom stereocenters. The normalized spacial score (nSPS) is 15.1. The maximum absolute atomic E-state index is 13.1. The molecule has 0 aromatic heterocycles. The van der Waals surface area contributed by atoms with Gasteiger partial charge in [0, 0.05) is 24.1 Å². The molecule has 1 heterocycles. The molecule has 0 amide bonds. The van der Waals surface area contributed by atoms with Crippen LogP contribution < -0.4 is 0 Å². The van der Waals surface area contributed by atoms with Crippen LogP contribution in [0.15, 0.2) is 16.6 Å². The molecule has 22 heavy (non-hydrogen) atoms. The smallest absolute Gasteiger partial charge is 0.134 e. The molecule has 0 saturated carbocycles. The third-order valence-electron chi connectivity index (χ3n) is 3.94. The second-order valence-corrected chi connectivity index (χ2v) is 6.71. The molecule has 0 N–H and O–H groups in total. The summed E-state index contributed by atoms with van der Waals surface area (Å²) in [6, 6.07) is 3.02. The largest absolute Gasteiger partial charge is 0.381 e. The van der Waals surface area contributed by atoms with Gasteiger partial charge in [-0.15, -0.1) is 0 Å². The molecule has 0 radical (unpaired) electrons.